The third-order valence-electron chi connectivity index (χ3n) is 2.92. The van der Waals surface area contributed by atoms with Gasteiger partial charge in [0.25, 0.3) is 0 Å². The first-order valence-corrected chi connectivity index (χ1v) is 6.89. The Morgan fingerprint density at radius 3 is 2.76 bits per heavy atom. The summed E-state index contributed by atoms with van der Waals surface area (Å²) in [5.41, 5.74) is 0.634. The first kappa shape index (κ1) is 12.4. The van der Waals surface area contributed by atoms with Crippen molar-refractivity contribution in [2.75, 3.05) is 18.0 Å². The van der Waals surface area contributed by atoms with Crippen LogP contribution in [-0.2, 0) is 0 Å². The molecule has 0 aromatic carbocycles. The Morgan fingerprint density at radius 2 is 2.29 bits per heavy atom. The Hall–Kier alpha value is -1.10. The lowest BCUT2D eigenvalue weighted by molar-refractivity contribution is 0.0701. The lowest BCUT2D eigenvalue weighted by Crippen LogP contribution is -2.26. The minimum absolute atomic E-state index is 0.372. The molecule has 1 aromatic heterocycles. The summed E-state index contributed by atoms with van der Waals surface area (Å²) in [6.07, 6.45) is 3.67. The van der Waals surface area contributed by atoms with Crippen LogP contribution in [0.3, 0.4) is 0 Å². The van der Waals surface area contributed by atoms with E-state index < -0.39 is 5.97 Å². The van der Waals surface area contributed by atoms with E-state index in [-0.39, 0.29) is 0 Å². The fraction of sp³-hybridized carbons (Fsp3) is 0.667. The molecule has 0 aliphatic heterocycles. The molecule has 1 aromatic rings. The van der Waals surface area contributed by atoms with Gasteiger partial charge >= 0.3 is 5.97 Å². The van der Waals surface area contributed by atoms with Crippen LogP contribution in [0.4, 0.5) is 5.13 Å². The predicted molar refractivity (Wildman–Crippen MR) is 69.0 cm³/mol. The smallest absolute Gasteiger partial charge is 0.347 e. The number of aromatic carboxylic acids is 1. The fourth-order valence-electron chi connectivity index (χ4n) is 1.86. The first-order chi connectivity index (χ1) is 8.11. The molecule has 1 heterocycles. The Morgan fingerprint density at radius 1 is 1.59 bits per heavy atom. The van der Waals surface area contributed by atoms with Crippen molar-refractivity contribution in [1.82, 2.24) is 4.98 Å². The molecule has 0 amide bonds. The van der Waals surface area contributed by atoms with Crippen molar-refractivity contribution >= 4 is 22.4 Å². The normalized spacial score (nSPS) is 14.9. The molecule has 1 fully saturated rings. The van der Waals surface area contributed by atoms with Crippen LogP contribution in [0.2, 0.25) is 0 Å². The van der Waals surface area contributed by atoms with Crippen LogP contribution in [0, 0.1) is 12.8 Å². The third kappa shape index (κ3) is 2.97. The highest BCUT2D eigenvalue weighted by atomic mass is 32.1. The Kier molecular flexibility index (Phi) is 3.66. The number of aryl methyl sites for hydroxylation is 1. The number of anilines is 1. The van der Waals surface area contributed by atoms with Gasteiger partial charge in [-0.2, -0.15) is 0 Å². The standard InChI is InChI=1S/C12H18N2O2S/c1-3-6-14(7-9-4-5-9)12-13-8(2)10(17-12)11(15)16/h9H,3-7H2,1-2H3,(H,15,16). The van der Waals surface area contributed by atoms with E-state index in [0.717, 1.165) is 30.6 Å². The Balaban J connectivity index is 2.16. The van der Waals surface area contributed by atoms with E-state index in [1.807, 2.05) is 0 Å². The SMILES string of the molecule is CCCN(CC1CC1)c1nc(C)c(C(=O)O)s1. The number of thiazole rings is 1. The minimum Gasteiger partial charge on any atom is -0.477 e. The van der Waals surface area contributed by atoms with E-state index in [2.05, 4.69) is 16.8 Å². The summed E-state index contributed by atoms with van der Waals surface area (Å²) in [5.74, 6) is -0.0758. The molecule has 2 rings (SSSR count). The van der Waals surface area contributed by atoms with Gasteiger partial charge in [-0.05, 0) is 32.1 Å². The molecule has 5 heteroatoms. The van der Waals surface area contributed by atoms with Crippen LogP contribution in [0.5, 0.6) is 0 Å². The van der Waals surface area contributed by atoms with Gasteiger partial charge in [-0.25, -0.2) is 9.78 Å². The highest BCUT2D eigenvalue weighted by Gasteiger charge is 2.26. The van der Waals surface area contributed by atoms with Crippen LogP contribution >= 0.6 is 11.3 Å². The topological polar surface area (TPSA) is 53.4 Å². The average molecular weight is 254 g/mol. The van der Waals surface area contributed by atoms with Gasteiger partial charge in [-0.1, -0.05) is 18.3 Å². The summed E-state index contributed by atoms with van der Waals surface area (Å²) >= 11 is 1.30. The van der Waals surface area contributed by atoms with Crippen molar-refractivity contribution < 1.29 is 9.90 Å². The van der Waals surface area contributed by atoms with E-state index >= 15 is 0 Å². The van der Waals surface area contributed by atoms with Gasteiger partial charge in [0.15, 0.2) is 5.13 Å². The highest BCUT2D eigenvalue weighted by molar-refractivity contribution is 7.17. The van der Waals surface area contributed by atoms with Crippen LogP contribution in [0.25, 0.3) is 0 Å². The molecule has 0 bridgehead atoms. The second kappa shape index (κ2) is 5.04. The summed E-state index contributed by atoms with van der Waals surface area (Å²) < 4.78 is 0. The average Bonchev–Trinajstić information content (AvgIpc) is 2.99. The van der Waals surface area contributed by atoms with Gasteiger partial charge in [0.1, 0.15) is 4.88 Å². The molecule has 1 N–H and O–H groups in total. The maximum Gasteiger partial charge on any atom is 0.347 e. The summed E-state index contributed by atoms with van der Waals surface area (Å²) in [4.78, 5) is 18.0. The molecular weight excluding hydrogens is 236 g/mol. The lowest BCUT2D eigenvalue weighted by Gasteiger charge is -2.20. The predicted octanol–water partition coefficient (Wildman–Crippen LogP) is 2.78. The van der Waals surface area contributed by atoms with E-state index in [1.54, 1.807) is 6.92 Å². The van der Waals surface area contributed by atoms with Crippen molar-refractivity contribution in [1.29, 1.82) is 0 Å². The van der Waals surface area contributed by atoms with Crippen LogP contribution in [0.1, 0.15) is 41.6 Å². The molecule has 0 unspecified atom stereocenters. The summed E-state index contributed by atoms with van der Waals surface area (Å²) in [6, 6.07) is 0. The zero-order valence-corrected chi connectivity index (χ0v) is 11.1. The minimum atomic E-state index is -0.867. The first-order valence-electron chi connectivity index (χ1n) is 6.07. The van der Waals surface area contributed by atoms with Crippen molar-refractivity contribution in [2.24, 2.45) is 5.92 Å². The number of aromatic nitrogens is 1. The Labute approximate surface area is 105 Å². The molecule has 4 nitrogen and oxygen atoms in total. The van der Waals surface area contributed by atoms with Gasteiger partial charge in [-0.15, -0.1) is 0 Å². The molecule has 17 heavy (non-hydrogen) atoms. The zero-order valence-electron chi connectivity index (χ0n) is 10.3. The summed E-state index contributed by atoms with van der Waals surface area (Å²) in [7, 11) is 0. The number of carboxylic acid groups (broad SMARTS) is 1. The van der Waals surface area contributed by atoms with Crippen LogP contribution in [0.15, 0.2) is 0 Å². The number of hydrogen-bond acceptors (Lipinski definition) is 4. The second-order valence-corrected chi connectivity index (χ2v) is 5.58. The molecule has 0 saturated heterocycles. The molecule has 0 radical (unpaired) electrons. The van der Waals surface area contributed by atoms with Crippen molar-refractivity contribution in [2.45, 2.75) is 33.1 Å². The largest absolute Gasteiger partial charge is 0.477 e. The van der Waals surface area contributed by atoms with E-state index in [9.17, 15) is 4.79 Å². The van der Waals surface area contributed by atoms with E-state index in [4.69, 9.17) is 5.11 Å². The van der Waals surface area contributed by atoms with Crippen molar-refractivity contribution in [3.63, 3.8) is 0 Å². The number of carbonyl (C=O) groups is 1. The van der Waals surface area contributed by atoms with Crippen LogP contribution in [-0.4, -0.2) is 29.1 Å². The maximum absolute atomic E-state index is 11.0. The Bertz CT molecular complexity index is 413. The quantitative estimate of drug-likeness (QED) is 0.848. The molecule has 0 atom stereocenters. The zero-order chi connectivity index (χ0) is 12.4. The van der Waals surface area contributed by atoms with Gasteiger partial charge in [0.2, 0.25) is 0 Å². The van der Waals surface area contributed by atoms with Gasteiger partial charge < -0.3 is 10.0 Å². The third-order valence-corrected chi connectivity index (χ3v) is 4.13. The lowest BCUT2D eigenvalue weighted by atomic mass is 10.3. The summed E-state index contributed by atoms with van der Waals surface area (Å²) in [5, 5.41) is 9.91. The summed E-state index contributed by atoms with van der Waals surface area (Å²) in [6.45, 7) is 5.89. The van der Waals surface area contributed by atoms with Crippen LogP contribution < -0.4 is 4.90 Å². The molecule has 1 saturated carbocycles. The molecule has 0 spiro atoms. The van der Waals surface area contributed by atoms with Gasteiger partial charge in [-0.3, -0.25) is 0 Å². The van der Waals surface area contributed by atoms with E-state index in [0.29, 0.717) is 10.6 Å². The number of carboxylic acids is 1. The van der Waals surface area contributed by atoms with Gasteiger partial charge in [0.05, 0.1) is 5.69 Å². The maximum atomic E-state index is 11.0. The monoisotopic (exact) mass is 254 g/mol. The van der Waals surface area contributed by atoms with Crippen molar-refractivity contribution in [3.05, 3.63) is 10.6 Å². The number of hydrogen-bond donors (Lipinski definition) is 1. The molecule has 94 valence electrons. The number of rotatable bonds is 6. The number of nitrogens with zero attached hydrogens (tertiary/aromatic N) is 2. The molecular formula is C12H18N2O2S. The second-order valence-electron chi connectivity index (χ2n) is 4.61. The highest BCUT2D eigenvalue weighted by Crippen LogP contribution is 2.33. The molecule has 1 aliphatic rings. The fourth-order valence-corrected chi connectivity index (χ4v) is 2.80. The van der Waals surface area contributed by atoms with Gasteiger partial charge in [0, 0.05) is 13.1 Å². The van der Waals surface area contributed by atoms with Crippen molar-refractivity contribution in [3.8, 4) is 0 Å². The molecule has 1 aliphatic carbocycles. The van der Waals surface area contributed by atoms with E-state index in [1.165, 1.54) is 24.2 Å².